The van der Waals surface area contributed by atoms with Crippen LogP contribution in [0.4, 0.5) is 0 Å². The monoisotopic (exact) mass is 266 g/mol. The number of methoxy groups -OCH3 is 1. The van der Waals surface area contributed by atoms with E-state index in [0.29, 0.717) is 6.47 Å². The number of rotatable bonds is 4. The molecule has 1 rings (SSSR count). The highest BCUT2D eigenvalue weighted by molar-refractivity contribution is 5.75. The fraction of sp³-hybridized carbons (Fsp3) is 0.600. The Morgan fingerprint density at radius 3 is 2.47 bits per heavy atom. The van der Waals surface area contributed by atoms with Gasteiger partial charge in [-0.1, -0.05) is 30.2 Å². The van der Waals surface area contributed by atoms with Crippen LogP contribution in [0, 0.1) is 17.8 Å². The molecule has 106 valence electrons. The van der Waals surface area contributed by atoms with Gasteiger partial charge in [-0.2, -0.15) is 0 Å². The Bertz CT molecular complexity index is 404. The molecule has 1 aliphatic carbocycles. The van der Waals surface area contributed by atoms with Crippen molar-refractivity contribution >= 4 is 12.4 Å². The first kappa shape index (κ1) is 15.5. The van der Waals surface area contributed by atoms with Crippen LogP contribution in [-0.2, 0) is 19.1 Å². The van der Waals surface area contributed by atoms with Crippen molar-refractivity contribution in [2.45, 2.75) is 33.8 Å². The van der Waals surface area contributed by atoms with E-state index in [2.05, 4.69) is 6.08 Å². The van der Waals surface area contributed by atoms with E-state index in [1.165, 1.54) is 7.11 Å². The third kappa shape index (κ3) is 3.46. The van der Waals surface area contributed by atoms with Gasteiger partial charge in [-0.05, 0) is 20.8 Å². The van der Waals surface area contributed by atoms with E-state index in [0.717, 1.165) is 11.1 Å². The molecule has 0 saturated heterocycles. The molecule has 0 N–H and O–H groups in total. The van der Waals surface area contributed by atoms with Crippen molar-refractivity contribution in [2.24, 2.45) is 17.8 Å². The number of carbonyl (C=O) groups is 2. The summed E-state index contributed by atoms with van der Waals surface area (Å²) in [7, 11) is 1.36. The number of hydrogen-bond acceptors (Lipinski definition) is 4. The van der Waals surface area contributed by atoms with E-state index in [4.69, 9.17) is 9.47 Å². The number of hydrogen-bond donors (Lipinski definition) is 0. The Labute approximate surface area is 114 Å². The van der Waals surface area contributed by atoms with E-state index in [1.807, 2.05) is 33.8 Å². The lowest BCUT2D eigenvalue weighted by Crippen LogP contribution is -2.43. The van der Waals surface area contributed by atoms with Gasteiger partial charge in [-0.25, -0.2) is 0 Å². The van der Waals surface area contributed by atoms with Crippen molar-refractivity contribution in [1.29, 1.82) is 0 Å². The van der Waals surface area contributed by atoms with Crippen molar-refractivity contribution in [3.63, 3.8) is 0 Å². The Hall–Kier alpha value is -1.58. The lowest BCUT2D eigenvalue weighted by Gasteiger charge is -2.36. The fourth-order valence-electron chi connectivity index (χ4n) is 2.58. The average molecular weight is 266 g/mol. The molecular weight excluding hydrogens is 244 g/mol. The Kier molecular flexibility index (Phi) is 5.33. The molecule has 4 nitrogen and oxygen atoms in total. The van der Waals surface area contributed by atoms with Crippen LogP contribution in [0.2, 0.25) is 0 Å². The highest BCUT2D eigenvalue weighted by Crippen LogP contribution is 2.37. The highest BCUT2D eigenvalue weighted by Gasteiger charge is 2.42. The third-order valence-corrected chi connectivity index (χ3v) is 3.65. The van der Waals surface area contributed by atoms with Crippen LogP contribution >= 0.6 is 0 Å². The van der Waals surface area contributed by atoms with E-state index in [1.54, 1.807) is 0 Å². The molecule has 0 spiro atoms. The number of esters is 1. The van der Waals surface area contributed by atoms with E-state index in [9.17, 15) is 9.59 Å². The first-order valence-corrected chi connectivity index (χ1v) is 6.42. The molecule has 0 amide bonds. The van der Waals surface area contributed by atoms with Gasteiger partial charge in [0.25, 0.3) is 6.47 Å². The zero-order chi connectivity index (χ0) is 14.6. The topological polar surface area (TPSA) is 52.6 Å². The zero-order valence-electron chi connectivity index (χ0n) is 12.2. The molecule has 0 heterocycles. The molecule has 0 aromatic heterocycles. The molecule has 0 saturated carbocycles. The Morgan fingerprint density at radius 2 is 2.00 bits per heavy atom. The molecule has 0 aliphatic heterocycles. The molecule has 0 aromatic carbocycles. The van der Waals surface area contributed by atoms with Gasteiger partial charge in [0.15, 0.2) is 0 Å². The van der Waals surface area contributed by atoms with Crippen molar-refractivity contribution in [3.05, 3.63) is 23.3 Å². The molecule has 0 fully saturated rings. The second-order valence-corrected chi connectivity index (χ2v) is 5.27. The minimum atomic E-state index is -0.483. The first-order valence-electron chi connectivity index (χ1n) is 6.42. The number of ether oxygens (including phenoxy) is 2. The van der Waals surface area contributed by atoms with Crippen LogP contribution < -0.4 is 0 Å². The van der Waals surface area contributed by atoms with Crippen LogP contribution in [0.25, 0.3) is 0 Å². The van der Waals surface area contributed by atoms with Crippen molar-refractivity contribution in [1.82, 2.24) is 0 Å². The van der Waals surface area contributed by atoms with Gasteiger partial charge >= 0.3 is 5.97 Å². The molecule has 0 bridgehead atoms. The van der Waals surface area contributed by atoms with Gasteiger partial charge in [0.1, 0.15) is 12.0 Å². The second kappa shape index (κ2) is 6.55. The quantitative estimate of drug-likeness (QED) is 0.445. The van der Waals surface area contributed by atoms with Crippen LogP contribution in [0.1, 0.15) is 27.7 Å². The molecule has 0 radical (unpaired) electrons. The van der Waals surface area contributed by atoms with Gasteiger partial charge in [0.05, 0.1) is 7.11 Å². The minimum Gasteiger partial charge on any atom is -0.469 e. The smallest absolute Gasteiger partial charge is 0.313 e. The Morgan fingerprint density at radius 1 is 1.37 bits per heavy atom. The lowest BCUT2D eigenvalue weighted by atomic mass is 9.73. The third-order valence-electron chi connectivity index (χ3n) is 3.65. The SMILES string of the molecule is COC(=O)C1C(C=C(C)C)C=C(C)C(C)C1OC=O. The summed E-state index contributed by atoms with van der Waals surface area (Å²) >= 11 is 0. The summed E-state index contributed by atoms with van der Waals surface area (Å²) in [4.78, 5) is 22.7. The number of allylic oxidation sites excluding steroid dienone is 3. The maximum atomic E-state index is 12.0. The van der Waals surface area contributed by atoms with E-state index >= 15 is 0 Å². The first-order chi connectivity index (χ1) is 8.92. The second-order valence-electron chi connectivity index (χ2n) is 5.27. The average Bonchev–Trinajstić information content (AvgIpc) is 2.34. The number of carbonyl (C=O) groups excluding carboxylic acids is 2. The van der Waals surface area contributed by atoms with Crippen LogP contribution in [0.15, 0.2) is 23.3 Å². The predicted molar refractivity (Wildman–Crippen MR) is 72.3 cm³/mol. The van der Waals surface area contributed by atoms with Gasteiger partial charge in [0, 0.05) is 11.8 Å². The standard InChI is InChI=1S/C15H22O4/c1-9(2)6-12-7-10(3)11(4)14(19-8-16)13(12)15(17)18-5/h6-8,11-14H,1-5H3. The fourth-order valence-corrected chi connectivity index (χ4v) is 2.58. The van der Waals surface area contributed by atoms with Crippen LogP contribution in [-0.4, -0.2) is 25.7 Å². The maximum absolute atomic E-state index is 12.0. The molecule has 4 unspecified atom stereocenters. The molecule has 1 aliphatic rings. The molecule has 4 heteroatoms. The maximum Gasteiger partial charge on any atom is 0.313 e. The van der Waals surface area contributed by atoms with Gasteiger partial charge in [-0.15, -0.1) is 0 Å². The van der Waals surface area contributed by atoms with Crippen molar-refractivity contribution < 1.29 is 19.1 Å². The summed E-state index contributed by atoms with van der Waals surface area (Å²) in [6, 6.07) is 0. The summed E-state index contributed by atoms with van der Waals surface area (Å²) in [6.45, 7) is 8.31. The van der Waals surface area contributed by atoms with E-state index in [-0.39, 0.29) is 17.8 Å². The molecular formula is C15H22O4. The summed E-state index contributed by atoms with van der Waals surface area (Å²) in [5.41, 5.74) is 2.23. The normalized spacial score (nSPS) is 30.1. The minimum absolute atomic E-state index is 0.0103. The van der Waals surface area contributed by atoms with Crippen LogP contribution in [0.5, 0.6) is 0 Å². The summed E-state index contributed by atoms with van der Waals surface area (Å²) in [6.07, 6.45) is 3.60. The summed E-state index contributed by atoms with van der Waals surface area (Å²) < 4.78 is 10.0. The van der Waals surface area contributed by atoms with Gasteiger partial charge < -0.3 is 9.47 Å². The van der Waals surface area contributed by atoms with Crippen molar-refractivity contribution in [2.75, 3.05) is 7.11 Å². The predicted octanol–water partition coefficient (Wildman–Crippen LogP) is 2.50. The van der Waals surface area contributed by atoms with E-state index < -0.39 is 12.0 Å². The summed E-state index contributed by atoms with van der Waals surface area (Å²) in [5.74, 6) is -0.913. The molecule has 4 atom stereocenters. The van der Waals surface area contributed by atoms with Crippen LogP contribution in [0.3, 0.4) is 0 Å². The Balaban J connectivity index is 3.22. The zero-order valence-corrected chi connectivity index (χ0v) is 12.2. The highest BCUT2D eigenvalue weighted by atomic mass is 16.5. The summed E-state index contributed by atoms with van der Waals surface area (Å²) in [5, 5.41) is 0. The molecule has 19 heavy (non-hydrogen) atoms. The van der Waals surface area contributed by atoms with Crippen molar-refractivity contribution in [3.8, 4) is 0 Å². The lowest BCUT2D eigenvalue weighted by molar-refractivity contribution is -0.158. The van der Waals surface area contributed by atoms with Gasteiger partial charge in [-0.3, -0.25) is 9.59 Å². The largest absolute Gasteiger partial charge is 0.469 e. The molecule has 0 aromatic rings. The van der Waals surface area contributed by atoms with Gasteiger partial charge in [0.2, 0.25) is 0 Å².